The number of rotatable bonds is 4. The quantitative estimate of drug-likeness (QED) is 0.752. The first-order chi connectivity index (χ1) is 11.0. The van der Waals surface area contributed by atoms with Gasteiger partial charge in [-0.25, -0.2) is 4.98 Å². The van der Waals surface area contributed by atoms with Crippen molar-refractivity contribution in [3.05, 3.63) is 46.4 Å². The molecule has 0 fully saturated rings. The van der Waals surface area contributed by atoms with Crippen LogP contribution >= 0.6 is 0 Å². The predicted molar refractivity (Wildman–Crippen MR) is 85.5 cm³/mol. The zero-order chi connectivity index (χ0) is 16.4. The third kappa shape index (κ3) is 3.20. The molecule has 2 aromatic heterocycles. The molecular formula is C15H15N5O3. The number of aryl methyl sites for hydroxylation is 1. The van der Waals surface area contributed by atoms with Crippen LogP contribution in [-0.4, -0.2) is 34.6 Å². The first kappa shape index (κ1) is 14.8. The molecule has 118 valence electrons. The van der Waals surface area contributed by atoms with Gasteiger partial charge in [-0.2, -0.15) is 0 Å². The Morgan fingerprint density at radius 2 is 2.17 bits per heavy atom. The maximum absolute atomic E-state index is 12.0. The van der Waals surface area contributed by atoms with E-state index in [1.165, 1.54) is 0 Å². The summed E-state index contributed by atoms with van der Waals surface area (Å²) in [7, 11) is 1.67. The van der Waals surface area contributed by atoms with Crippen molar-refractivity contribution in [3.8, 4) is 0 Å². The maximum Gasteiger partial charge on any atom is 0.260 e. The number of anilines is 2. The predicted octanol–water partition coefficient (Wildman–Crippen LogP) is 1.29. The van der Waals surface area contributed by atoms with Crippen LogP contribution in [0.4, 0.5) is 11.8 Å². The summed E-state index contributed by atoms with van der Waals surface area (Å²) in [6.07, 6.45) is 0. The summed E-state index contributed by atoms with van der Waals surface area (Å²) >= 11 is 0. The van der Waals surface area contributed by atoms with Crippen LogP contribution in [0.5, 0.6) is 0 Å². The molecule has 0 saturated heterocycles. The Morgan fingerprint density at radius 3 is 2.91 bits per heavy atom. The average Bonchev–Trinajstić information content (AvgIpc) is 2.92. The number of aromatic nitrogens is 3. The third-order valence-corrected chi connectivity index (χ3v) is 3.24. The van der Waals surface area contributed by atoms with Gasteiger partial charge in [0.25, 0.3) is 5.56 Å². The van der Waals surface area contributed by atoms with E-state index >= 15 is 0 Å². The van der Waals surface area contributed by atoms with E-state index in [0.29, 0.717) is 28.4 Å². The largest absolute Gasteiger partial charge is 0.360 e. The summed E-state index contributed by atoms with van der Waals surface area (Å²) < 4.78 is 4.88. The topological polar surface area (TPSA) is 104 Å². The van der Waals surface area contributed by atoms with Crippen molar-refractivity contribution in [1.82, 2.24) is 15.1 Å². The zero-order valence-electron chi connectivity index (χ0n) is 12.7. The SMILES string of the molecule is Cc1cc(NC(=O)CN(C)c2nc3ccccc3c(=O)[nH]2)no1. The smallest absolute Gasteiger partial charge is 0.260 e. The van der Waals surface area contributed by atoms with Crippen molar-refractivity contribution < 1.29 is 9.32 Å². The molecule has 0 aliphatic carbocycles. The first-order valence-electron chi connectivity index (χ1n) is 6.96. The number of carbonyl (C=O) groups excluding carboxylic acids is 1. The number of para-hydroxylation sites is 1. The molecule has 0 aliphatic rings. The molecular weight excluding hydrogens is 298 g/mol. The van der Waals surface area contributed by atoms with Gasteiger partial charge in [0.1, 0.15) is 5.76 Å². The van der Waals surface area contributed by atoms with Crippen molar-refractivity contribution in [2.24, 2.45) is 0 Å². The van der Waals surface area contributed by atoms with Crippen LogP contribution in [-0.2, 0) is 4.79 Å². The number of likely N-dealkylation sites (N-methyl/N-ethyl adjacent to an activating group) is 1. The average molecular weight is 313 g/mol. The van der Waals surface area contributed by atoms with Gasteiger partial charge in [0.15, 0.2) is 5.82 Å². The van der Waals surface area contributed by atoms with Gasteiger partial charge >= 0.3 is 0 Å². The molecule has 1 aromatic carbocycles. The summed E-state index contributed by atoms with van der Waals surface area (Å²) in [5.41, 5.74) is 0.329. The van der Waals surface area contributed by atoms with Gasteiger partial charge in [-0.3, -0.25) is 14.6 Å². The molecule has 0 saturated carbocycles. The van der Waals surface area contributed by atoms with Crippen LogP contribution in [0.1, 0.15) is 5.76 Å². The van der Waals surface area contributed by atoms with Gasteiger partial charge in [0.05, 0.1) is 17.4 Å². The Labute approximate surface area is 131 Å². The molecule has 8 heteroatoms. The Bertz CT molecular complexity index is 915. The van der Waals surface area contributed by atoms with Gasteiger partial charge in [0.2, 0.25) is 11.9 Å². The summed E-state index contributed by atoms with van der Waals surface area (Å²) in [6, 6.07) is 8.65. The Hall–Kier alpha value is -3.16. The fourth-order valence-corrected chi connectivity index (χ4v) is 2.15. The lowest BCUT2D eigenvalue weighted by Gasteiger charge is -2.16. The molecule has 2 heterocycles. The van der Waals surface area contributed by atoms with E-state index < -0.39 is 0 Å². The highest BCUT2D eigenvalue weighted by molar-refractivity contribution is 5.93. The zero-order valence-corrected chi connectivity index (χ0v) is 12.7. The number of nitrogens with zero attached hydrogens (tertiary/aromatic N) is 3. The number of fused-ring (bicyclic) bond motifs is 1. The number of hydrogen-bond acceptors (Lipinski definition) is 6. The third-order valence-electron chi connectivity index (χ3n) is 3.24. The summed E-state index contributed by atoms with van der Waals surface area (Å²) in [4.78, 5) is 32.6. The lowest BCUT2D eigenvalue weighted by atomic mass is 10.2. The van der Waals surface area contributed by atoms with Gasteiger partial charge in [-0.05, 0) is 19.1 Å². The lowest BCUT2D eigenvalue weighted by Crippen LogP contribution is -2.32. The minimum absolute atomic E-state index is 0.00713. The van der Waals surface area contributed by atoms with Crippen LogP contribution in [0.3, 0.4) is 0 Å². The van der Waals surface area contributed by atoms with Crippen LogP contribution in [0, 0.1) is 6.92 Å². The Kier molecular flexibility index (Phi) is 3.80. The highest BCUT2D eigenvalue weighted by atomic mass is 16.5. The highest BCUT2D eigenvalue weighted by Crippen LogP contribution is 2.11. The number of H-pyrrole nitrogens is 1. The van der Waals surface area contributed by atoms with Crippen LogP contribution in [0.15, 0.2) is 39.6 Å². The number of carbonyl (C=O) groups is 1. The molecule has 0 spiro atoms. The summed E-state index contributed by atoms with van der Waals surface area (Å²) in [5.74, 6) is 0.979. The Balaban J connectivity index is 1.76. The molecule has 0 aliphatic heterocycles. The molecule has 23 heavy (non-hydrogen) atoms. The van der Waals surface area contributed by atoms with E-state index in [1.807, 2.05) is 0 Å². The number of hydrogen-bond donors (Lipinski definition) is 2. The second-order valence-electron chi connectivity index (χ2n) is 5.13. The molecule has 0 atom stereocenters. The van der Waals surface area contributed by atoms with E-state index in [0.717, 1.165) is 0 Å². The molecule has 0 bridgehead atoms. The lowest BCUT2D eigenvalue weighted by molar-refractivity contribution is -0.115. The molecule has 0 unspecified atom stereocenters. The standard InChI is InChI=1S/C15H15N5O3/c1-9-7-12(19-23-9)17-13(21)8-20(2)15-16-11-6-4-3-5-10(11)14(22)18-15/h3-7H,8H2,1-2H3,(H,16,18,22)(H,17,19,21). The maximum atomic E-state index is 12.0. The molecule has 0 radical (unpaired) electrons. The fraction of sp³-hybridized carbons (Fsp3) is 0.200. The van der Waals surface area contributed by atoms with Crippen molar-refractivity contribution in [2.45, 2.75) is 6.92 Å². The minimum atomic E-state index is -0.295. The van der Waals surface area contributed by atoms with Crippen LogP contribution in [0.2, 0.25) is 0 Å². The molecule has 3 aromatic rings. The second-order valence-corrected chi connectivity index (χ2v) is 5.13. The highest BCUT2D eigenvalue weighted by Gasteiger charge is 2.12. The van der Waals surface area contributed by atoms with Crippen molar-refractivity contribution in [1.29, 1.82) is 0 Å². The number of nitrogens with one attached hydrogen (secondary N) is 2. The summed E-state index contributed by atoms with van der Waals surface area (Å²) in [6.45, 7) is 1.74. The monoisotopic (exact) mass is 313 g/mol. The fourth-order valence-electron chi connectivity index (χ4n) is 2.15. The van der Waals surface area contributed by atoms with E-state index in [-0.39, 0.29) is 18.0 Å². The van der Waals surface area contributed by atoms with E-state index in [9.17, 15) is 9.59 Å². The van der Waals surface area contributed by atoms with E-state index in [2.05, 4.69) is 20.4 Å². The molecule has 8 nitrogen and oxygen atoms in total. The molecule has 2 N–H and O–H groups in total. The summed E-state index contributed by atoms with van der Waals surface area (Å²) in [5, 5.41) is 6.81. The minimum Gasteiger partial charge on any atom is -0.360 e. The molecule has 3 rings (SSSR count). The van der Waals surface area contributed by atoms with Crippen molar-refractivity contribution in [3.63, 3.8) is 0 Å². The van der Waals surface area contributed by atoms with E-state index in [1.54, 1.807) is 49.2 Å². The first-order valence-corrected chi connectivity index (χ1v) is 6.96. The van der Waals surface area contributed by atoms with Crippen molar-refractivity contribution in [2.75, 3.05) is 23.8 Å². The second kappa shape index (κ2) is 5.91. The van der Waals surface area contributed by atoms with Gasteiger partial charge < -0.3 is 14.7 Å². The van der Waals surface area contributed by atoms with Crippen LogP contribution in [0.25, 0.3) is 10.9 Å². The van der Waals surface area contributed by atoms with Gasteiger partial charge in [0, 0.05) is 13.1 Å². The number of benzene rings is 1. The van der Waals surface area contributed by atoms with Crippen LogP contribution < -0.4 is 15.8 Å². The molecule has 1 amide bonds. The Morgan fingerprint density at radius 1 is 1.39 bits per heavy atom. The van der Waals surface area contributed by atoms with Crippen molar-refractivity contribution >= 4 is 28.6 Å². The van der Waals surface area contributed by atoms with Gasteiger partial charge in [-0.15, -0.1) is 0 Å². The number of aromatic amines is 1. The van der Waals surface area contributed by atoms with E-state index in [4.69, 9.17) is 4.52 Å². The normalized spacial score (nSPS) is 10.7. The number of amides is 1. The van der Waals surface area contributed by atoms with Gasteiger partial charge in [-0.1, -0.05) is 17.3 Å².